The van der Waals surface area contributed by atoms with E-state index in [-0.39, 0.29) is 26.4 Å². The van der Waals surface area contributed by atoms with Crippen LogP contribution in [0.5, 0.6) is 0 Å². The molecule has 0 unspecified atom stereocenters. The van der Waals surface area contributed by atoms with Gasteiger partial charge in [0, 0.05) is 48.8 Å². The molecule has 0 fully saturated rings. The smallest absolute Gasteiger partial charge is 0.347 e. The molecular formula is C21H13F6IN2S. The summed E-state index contributed by atoms with van der Waals surface area (Å²) in [5.74, 6) is -15.9. The third-order valence-corrected chi connectivity index (χ3v) is 7.29. The van der Waals surface area contributed by atoms with Crippen molar-refractivity contribution in [3.63, 3.8) is 0 Å². The Hall–Kier alpha value is -2.00. The Kier molecular flexibility index (Phi) is 4.83. The Morgan fingerprint density at radius 1 is 1.00 bits per heavy atom. The van der Waals surface area contributed by atoms with Crippen LogP contribution in [0.1, 0.15) is 26.6 Å². The first-order valence-electron chi connectivity index (χ1n) is 8.91. The summed E-state index contributed by atoms with van der Waals surface area (Å²) in [6.07, 6.45) is 0. The van der Waals surface area contributed by atoms with E-state index in [1.54, 1.807) is 25.2 Å². The molecule has 0 atom stereocenters. The van der Waals surface area contributed by atoms with Gasteiger partial charge in [0.05, 0.1) is 0 Å². The van der Waals surface area contributed by atoms with Crippen LogP contribution in [0.15, 0.2) is 24.3 Å². The van der Waals surface area contributed by atoms with Crippen molar-refractivity contribution in [2.24, 2.45) is 7.05 Å². The minimum absolute atomic E-state index is 0.0297. The molecule has 3 aromatic rings. The fourth-order valence-corrected chi connectivity index (χ4v) is 5.37. The molecule has 2 nitrogen and oxygen atoms in total. The van der Waals surface area contributed by atoms with E-state index in [2.05, 4.69) is 0 Å². The van der Waals surface area contributed by atoms with Crippen LogP contribution in [-0.2, 0) is 7.05 Å². The second-order valence-electron chi connectivity index (χ2n) is 7.35. The van der Waals surface area contributed by atoms with E-state index in [1.165, 1.54) is 24.5 Å². The molecule has 2 heterocycles. The number of aryl methyl sites for hydroxylation is 2. The van der Waals surface area contributed by atoms with E-state index in [1.807, 2.05) is 22.6 Å². The summed E-state index contributed by atoms with van der Waals surface area (Å²) < 4.78 is 91.8. The molecule has 1 aliphatic rings. The number of fused-ring (bicyclic) bond motifs is 1. The van der Waals surface area contributed by atoms with Crippen molar-refractivity contribution >= 4 is 56.0 Å². The molecule has 0 amide bonds. The summed E-state index contributed by atoms with van der Waals surface area (Å²) in [7, 11) is 1.56. The van der Waals surface area contributed by atoms with Gasteiger partial charge in [-0.3, -0.25) is 0 Å². The Balaban J connectivity index is 2.24. The number of aromatic nitrogens is 1. The number of alkyl halides is 6. The van der Waals surface area contributed by atoms with Gasteiger partial charge in [-0.15, -0.1) is 11.3 Å². The summed E-state index contributed by atoms with van der Waals surface area (Å²) in [6.45, 7) is 2.77. The Labute approximate surface area is 190 Å². The Morgan fingerprint density at radius 2 is 1.61 bits per heavy atom. The van der Waals surface area contributed by atoms with Gasteiger partial charge in [-0.05, 0) is 66.3 Å². The molecule has 0 radical (unpaired) electrons. The summed E-state index contributed by atoms with van der Waals surface area (Å²) in [5, 5.41) is 9.29. The third-order valence-electron chi connectivity index (χ3n) is 5.67. The van der Waals surface area contributed by atoms with E-state index in [4.69, 9.17) is 5.26 Å². The standard InChI is InChI=1S/C21H13F6IN2S/c1-9-16(14-6-11(28)4-5-15(14)30(9)3)18-17(13-7-12(8-29)31-10(13)2)19(22,23)21(26,27)20(18,24)25/h4-7H,1-3H3. The highest BCUT2D eigenvalue weighted by Crippen LogP contribution is 2.66. The van der Waals surface area contributed by atoms with E-state index in [9.17, 15) is 8.78 Å². The maximum absolute atomic E-state index is 15.2. The molecule has 10 heteroatoms. The molecule has 1 aliphatic carbocycles. The normalized spacial score (nSPS) is 19.3. The predicted octanol–water partition coefficient (Wildman–Crippen LogP) is 7.16. The molecular weight excluding hydrogens is 553 g/mol. The van der Waals surface area contributed by atoms with Crippen LogP contribution >= 0.6 is 33.9 Å². The van der Waals surface area contributed by atoms with Crippen LogP contribution in [-0.4, -0.2) is 22.3 Å². The number of nitrogens with zero attached hydrogens (tertiary/aromatic N) is 2. The van der Waals surface area contributed by atoms with Gasteiger partial charge < -0.3 is 4.57 Å². The summed E-state index contributed by atoms with van der Waals surface area (Å²) in [6, 6.07) is 7.58. The van der Waals surface area contributed by atoms with E-state index < -0.39 is 34.5 Å². The van der Waals surface area contributed by atoms with Crippen LogP contribution < -0.4 is 0 Å². The van der Waals surface area contributed by atoms with Crippen molar-refractivity contribution in [2.75, 3.05) is 0 Å². The van der Waals surface area contributed by atoms with Gasteiger partial charge in [-0.2, -0.15) is 31.6 Å². The molecule has 4 rings (SSSR count). The van der Waals surface area contributed by atoms with Crippen LogP contribution in [0, 0.1) is 28.7 Å². The first kappa shape index (κ1) is 22.2. The lowest BCUT2D eigenvalue weighted by Crippen LogP contribution is -2.49. The van der Waals surface area contributed by atoms with Crippen LogP contribution in [0.4, 0.5) is 26.3 Å². The minimum Gasteiger partial charge on any atom is -0.347 e. The SMILES string of the molecule is Cc1sc(C#N)cc1C1=C(c2c(C)n(C)c3ccc(I)cc23)C(F)(F)C(F)(F)C1(F)F. The zero-order valence-corrected chi connectivity index (χ0v) is 19.2. The average Bonchev–Trinajstić information content (AvgIpc) is 3.19. The molecule has 0 spiro atoms. The molecule has 0 N–H and O–H groups in total. The highest BCUT2D eigenvalue weighted by molar-refractivity contribution is 14.1. The summed E-state index contributed by atoms with van der Waals surface area (Å²) in [5.41, 5.74) is -3.00. The number of rotatable bonds is 2. The topological polar surface area (TPSA) is 28.7 Å². The highest BCUT2D eigenvalue weighted by Gasteiger charge is 2.80. The van der Waals surface area contributed by atoms with Crippen molar-refractivity contribution in [1.82, 2.24) is 4.57 Å². The second kappa shape index (κ2) is 6.75. The van der Waals surface area contributed by atoms with Gasteiger partial charge in [0.1, 0.15) is 10.9 Å². The fraction of sp³-hybridized carbons (Fsp3) is 0.286. The second-order valence-corrected chi connectivity index (χ2v) is 9.85. The quantitative estimate of drug-likeness (QED) is 0.239. The Bertz CT molecular complexity index is 1330. The number of allylic oxidation sites excluding steroid dienone is 2. The molecule has 0 saturated heterocycles. The molecule has 1 aromatic carbocycles. The first-order valence-corrected chi connectivity index (χ1v) is 10.8. The summed E-state index contributed by atoms with van der Waals surface area (Å²) in [4.78, 5) is 0.0579. The van der Waals surface area contributed by atoms with Crippen molar-refractivity contribution < 1.29 is 26.3 Å². The van der Waals surface area contributed by atoms with Gasteiger partial charge in [0.15, 0.2) is 0 Å². The molecule has 0 aliphatic heterocycles. The number of thiophene rings is 1. The minimum atomic E-state index is -5.64. The lowest BCUT2D eigenvalue weighted by molar-refractivity contribution is -0.254. The van der Waals surface area contributed by atoms with Crippen molar-refractivity contribution in [3.05, 3.63) is 54.4 Å². The maximum atomic E-state index is 15.2. The van der Waals surface area contributed by atoms with Crippen LogP contribution in [0.3, 0.4) is 0 Å². The number of halogens is 7. The van der Waals surface area contributed by atoms with E-state index in [0.717, 1.165) is 17.4 Å². The fourth-order valence-electron chi connectivity index (χ4n) is 4.06. The number of hydrogen-bond acceptors (Lipinski definition) is 2. The van der Waals surface area contributed by atoms with Crippen molar-refractivity contribution in [2.45, 2.75) is 31.6 Å². The van der Waals surface area contributed by atoms with Gasteiger partial charge >= 0.3 is 17.8 Å². The summed E-state index contributed by atoms with van der Waals surface area (Å²) >= 11 is 2.73. The van der Waals surface area contributed by atoms with Gasteiger partial charge in [-0.25, -0.2) is 0 Å². The molecule has 2 aromatic heterocycles. The average molecular weight is 566 g/mol. The van der Waals surface area contributed by atoms with E-state index >= 15 is 17.6 Å². The molecule has 31 heavy (non-hydrogen) atoms. The van der Waals surface area contributed by atoms with Gasteiger partial charge in [-0.1, -0.05) is 0 Å². The largest absolute Gasteiger partial charge is 0.380 e. The zero-order chi connectivity index (χ0) is 23.1. The van der Waals surface area contributed by atoms with Gasteiger partial charge in [0.25, 0.3) is 0 Å². The number of hydrogen-bond donors (Lipinski definition) is 0. The third kappa shape index (κ3) is 2.75. The number of benzene rings is 1. The van der Waals surface area contributed by atoms with Gasteiger partial charge in [0.2, 0.25) is 0 Å². The monoisotopic (exact) mass is 566 g/mol. The number of nitriles is 1. The lowest BCUT2D eigenvalue weighted by atomic mass is 9.93. The van der Waals surface area contributed by atoms with E-state index in [0.29, 0.717) is 9.09 Å². The first-order chi connectivity index (χ1) is 14.3. The predicted molar refractivity (Wildman–Crippen MR) is 116 cm³/mol. The molecule has 0 bridgehead atoms. The lowest BCUT2D eigenvalue weighted by Gasteiger charge is -2.25. The zero-order valence-electron chi connectivity index (χ0n) is 16.3. The Morgan fingerprint density at radius 3 is 2.19 bits per heavy atom. The van der Waals surface area contributed by atoms with Crippen LogP contribution in [0.25, 0.3) is 22.0 Å². The molecule has 0 saturated carbocycles. The molecule has 162 valence electrons. The van der Waals surface area contributed by atoms with Crippen LogP contribution in [0.2, 0.25) is 0 Å². The maximum Gasteiger partial charge on any atom is 0.380 e. The van der Waals surface area contributed by atoms with Crippen molar-refractivity contribution in [1.29, 1.82) is 5.26 Å². The van der Waals surface area contributed by atoms with Crippen molar-refractivity contribution in [3.8, 4) is 6.07 Å². The highest BCUT2D eigenvalue weighted by atomic mass is 127.